The van der Waals surface area contributed by atoms with Crippen molar-refractivity contribution in [2.24, 2.45) is 0 Å². The lowest BCUT2D eigenvalue weighted by Crippen LogP contribution is -2.40. The molecule has 27 heavy (non-hydrogen) atoms. The molecule has 0 spiro atoms. The van der Waals surface area contributed by atoms with Crippen LogP contribution in [-0.4, -0.2) is 41.5 Å². The Morgan fingerprint density at radius 2 is 2.04 bits per heavy atom. The molecule has 0 N–H and O–H groups in total. The third-order valence-corrected chi connectivity index (χ3v) is 4.71. The van der Waals surface area contributed by atoms with E-state index in [1.807, 2.05) is 6.92 Å². The summed E-state index contributed by atoms with van der Waals surface area (Å²) in [6, 6.07) is 3.39. The first kappa shape index (κ1) is 17.8. The van der Waals surface area contributed by atoms with Crippen molar-refractivity contribution in [3.05, 3.63) is 46.4 Å². The lowest BCUT2D eigenvalue weighted by Gasteiger charge is -2.28. The molecule has 4 rings (SSSR count). The normalized spacial score (nSPS) is 14.6. The molecule has 142 valence electrons. The molecule has 1 aliphatic heterocycles. The molecule has 11 heteroatoms. The quantitative estimate of drug-likeness (QED) is 0.665. The van der Waals surface area contributed by atoms with Crippen molar-refractivity contribution in [1.82, 2.24) is 29.0 Å². The van der Waals surface area contributed by atoms with Gasteiger partial charge in [-0.1, -0.05) is 18.5 Å². The largest absolute Gasteiger partial charge is 0.451 e. The number of hydrogen-bond acceptors (Lipinski definition) is 4. The molecule has 0 aliphatic carbocycles. The van der Waals surface area contributed by atoms with Crippen molar-refractivity contribution in [1.29, 1.82) is 0 Å². The van der Waals surface area contributed by atoms with Crippen molar-refractivity contribution in [2.75, 3.05) is 6.54 Å². The molecule has 7 nitrogen and oxygen atoms in total. The van der Waals surface area contributed by atoms with Gasteiger partial charge >= 0.3 is 6.18 Å². The van der Waals surface area contributed by atoms with Crippen LogP contribution in [0.3, 0.4) is 0 Å². The Labute approximate surface area is 156 Å². The van der Waals surface area contributed by atoms with Gasteiger partial charge in [-0.3, -0.25) is 9.20 Å². The lowest BCUT2D eigenvalue weighted by molar-refractivity contribution is -0.147. The van der Waals surface area contributed by atoms with Crippen LogP contribution < -0.4 is 0 Å². The van der Waals surface area contributed by atoms with Crippen molar-refractivity contribution >= 4 is 23.2 Å². The molecule has 0 atom stereocenters. The molecule has 0 fully saturated rings. The summed E-state index contributed by atoms with van der Waals surface area (Å²) in [5, 5.41) is 7.30. The summed E-state index contributed by atoms with van der Waals surface area (Å²) in [6.07, 6.45) is -2.45. The number of rotatable bonds is 2. The minimum atomic E-state index is -4.58. The summed E-state index contributed by atoms with van der Waals surface area (Å²) in [6.45, 7) is 1.91. The molecule has 3 aromatic heterocycles. The number of pyridine rings is 1. The number of fused-ring (bicyclic) bond motifs is 2. The number of amides is 1. The highest BCUT2D eigenvalue weighted by Gasteiger charge is 2.40. The molecule has 4 heterocycles. The van der Waals surface area contributed by atoms with Crippen LogP contribution in [0.5, 0.6) is 0 Å². The lowest BCUT2D eigenvalue weighted by atomic mass is 10.2. The van der Waals surface area contributed by atoms with E-state index in [0.717, 1.165) is 4.57 Å². The molecule has 0 bridgehead atoms. The second-order valence-electron chi connectivity index (χ2n) is 6.15. The monoisotopic (exact) mass is 398 g/mol. The van der Waals surface area contributed by atoms with Crippen molar-refractivity contribution in [3.8, 4) is 0 Å². The minimum Gasteiger partial charge on any atom is -0.328 e. The van der Waals surface area contributed by atoms with Gasteiger partial charge in [0.2, 0.25) is 5.82 Å². The standard InChI is InChI=1S/C16H14ClF3N6O/c1-2-10-13(26-7-9(17)3-4-11(26)21-10)14(27)24-5-6-25-12(8-24)22-23-15(25)16(18,19)20/h3-4,7H,2,5-6,8H2,1H3. The molecule has 0 saturated heterocycles. The summed E-state index contributed by atoms with van der Waals surface area (Å²) in [5.41, 5.74) is 1.54. The summed E-state index contributed by atoms with van der Waals surface area (Å²) in [5.74, 6) is -1.27. The highest BCUT2D eigenvalue weighted by atomic mass is 35.5. The van der Waals surface area contributed by atoms with Gasteiger partial charge in [0, 0.05) is 19.3 Å². The van der Waals surface area contributed by atoms with Gasteiger partial charge in [0.15, 0.2) is 5.82 Å². The Morgan fingerprint density at radius 1 is 1.26 bits per heavy atom. The second-order valence-corrected chi connectivity index (χ2v) is 6.59. The van der Waals surface area contributed by atoms with E-state index in [0.29, 0.717) is 28.5 Å². The maximum atomic E-state index is 13.1. The Morgan fingerprint density at radius 3 is 2.74 bits per heavy atom. The van der Waals surface area contributed by atoms with Crippen LogP contribution in [-0.2, 0) is 25.7 Å². The van der Waals surface area contributed by atoms with Crippen LogP contribution in [0, 0.1) is 0 Å². The van der Waals surface area contributed by atoms with E-state index in [-0.39, 0.29) is 31.4 Å². The van der Waals surface area contributed by atoms with Crippen LogP contribution in [0.4, 0.5) is 13.2 Å². The zero-order valence-corrected chi connectivity index (χ0v) is 14.9. The Balaban J connectivity index is 1.70. The number of hydrogen-bond donors (Lipinski definition) is 0. The fourth-order valence-corrected chi connectivity index (χ4v) is 3.39. The maximum absolute atomic E-state index is 13.1. The van der Waals surface area contributed by atoms with Gasteiger partial charge in [-0.15, -0.1) is 10.2 Å². The van der Waals surface area contributed by atoms with Crippen LogP contribution >= 0.6 is 11.6 Å². The number of aromatic nitrogens is 5. The Hall–Kier alpha value is -2.62. The Kier molecular flexibility index (Phi) is 4.10. The number of nitrogens with zero attached hydrogens (tertiary/aromatic N) is 6. The molecular formula is C16H14ClF3N6O. The number of carbonyl (C=O) groups is 1. The maximum Gasteiger partial charge on any atom is 0.451 e. The van der Waals surface area contributed by atoms with Gasteiger partial charge in [-0.2, -0.15) is 13.2 Å². The summed E-state index contributed by atoms with van der Waals surface area (Å²) >= 11 is 6.04. The fourth-order valence-electron chi connectivity index (χ4n) is 3.23. The van der Waals surface area contributed by atoms with Crippen LogP contribution in [0.1, 0.15) is 34.8 Å². The van der Waals surface area contributed by atoms with Crippen molar-refractivity contribution in [3.63, 3.8) is 0 Å². The molecule has 0 saturated carbocycles. The fraction of sp³-hybridized carbons (Fsp3) is 0.375. The van der Waals surface area contributed by atoms with Crippen LogP contribution in [0.25, 0.3) is 5.65 Å². The molecule has 1 amide bonds. The first-order valence-electron chi connectivity index (χ1n) is 8.24. The number of carbonyl (C=O) groups excluding carboxylic acids is 1. The molecule has 0 radical (unpaired) electrons. The molecular weight excluding hydrogens is 385 g/mol. The van der Waals surface area contributed by atoms with E-state index in [4.69, 9.17) is 11.6 Å². The first-order chi connectivity index (χ1) is 12.8. The van der Waals surface area contributed by atoms with Gasteiger partial charge in [-0.05, 0) is 18.6 Å². The Bertz CT molecular complexity index is 1040. The zero-order valence-electron chi connectivity index (χ0n) is 14.2. The number of imidazole rings is 1. The summed E-state index contributed by atoms with van der Waals surface area (Å²) < 4.78 is 41.5. The van der Waals surface area contributed by atoms with Gasteiger partial charge in [0.1, 0.15) is 11.3 Å². The van der Waals surface area contributed by atoms with E-state index in [9.17, 15) is 18.0 Å². The zero-order chi connectivity index (χ0) is 19.3. The highest BCUT2D eigenvalue weighted by Crippen LogP contribution is 2.30. The van der Waals surface area contributed by atoms with E-state index in [2.05, 4.69) is 15.2 Å². The number of alkyl halides is 3. The van der Waals surface area contributed by atoms with Crippen molar-refractivity contribution in [2.45, 2.75) is 32.6 Å². The predicted octanol–water partition coefficient (Wildman–Crippen LogP) is 2.82. The van der Waals surface area contributed by atoms with Crippen molar-refractivity contribution < 1.29 is 18.0 Å². The first-order valence-corrected chi connectivity index (χ1v) is 8.62. The van der Waals surface area contributed by atoms with E-state index >= 15 is 0 Å². The average molecular weight is 399 g/mol. The van der Waals surface area contributed by atoms with Crippen LogP contribution in [0.2, 0.25) is 5.02 Å². The molecule has 0 unspecified atom stereocenters. The smallest absolute Gasteiger partial charge is 0.328 e. The molecule has 1 aliphatic rings. The van der Waals surface area contributed by atoms with E-state index in [1.165, 1.54) is 4.90 Å². The SMILES string of the molecule is CCc1nc2ccc(Cl)cn2c1C(=O)N1CCn2c(nnc2C(F)(F)F)C1. The van der Waals surface area contributed by atoms with E-state index < -0.39 is 12.0 Å². The molecule has 0 aromatic carbocycles. The third-order valence-electron chi connectivity index (χ3n) is 4.49. The minimum absolute atomic E-state index is 0.0259. The predicted molar refractivity (Wildman–Crippen MR) is 89.3 cm³/mol. The molecule has 3 aromatic rings. The number of halogens is 4. The van der Waals surface area contributed by atoms with Gasteiger partial charge < -0.3 is 9.47 Å². The summed E-state index contributed by atoms with van der Waals surface area (Å²) in [7, 11) is 0. The van der Waals surface area contributed by atoms with E-state index in [1.54, 1.807) is 22.7 Å². The van der Waals surface area contributed by atoms with Crippen LogP contribution in [0.15, 0.2) is 18.3 Å². The van der Waals surface area contributed by atoms with Gasteiger partial charge in [-0.25, -0.2) is 4.98 Å². The number of aryl methyl sites for hydroxylation is 1. The third kappa shape index (κ3) is 2.93. The highest BCUT2D eigenvalue weighted by molar-refractivity contribution is 6.30. The van der Waals surface area contributed by atoms with Gasteiger partial charge in [0.25, 0.3) is 5.91 Å². The average Bonchev–Trinajstić information content (AvgIpc) is 3.20. The summed E-state index contributed by atoms with van der Waals surface area (Å²) in [4.78, 5) is 19.0. The van der Waals surface area contributed by atoms with Gasteiger partial charge in [0.05, 0.1) is 17.3 Å². The second kappa shape index (κ2) is 6.22. The topological polar surface area (TPSA) is 68.3 Å².